The van der Waals surface area contributed by atoms with Crippen molar-refractivity contribution in [2.45, 2.75) is 0 Å². The van der Waals surface area contributed by atoms with Gasteiger partial charge in [-0.05, 0) is 18.1 Å². The molecule has 0 aromatic carbocycles. The number of aromatic amines is 1. The van der Waals surface area contributed by atoms with Crippen LogP contribution in [-0.4, -0.2) is 19.9 Å². The highest BCUT2D eigenvalue weighted by atomic mass is 35.5. The zero-order valence-electron chi connectivity index (χ0n) is 9.18. The predicted octanol–water partition coefficient (Wildman–Crippen LogP) is 2.41. The molecular weight excluding hydrogens is 248 g/mol. The zero-order chi connectivity index (χ0) is 12.4. The number of aromatic nitrogens is 4. The van der Waals surface area contributed by atoms with Crippen LogP contribution in [0, 0.1) is 11.8 Å². The SMILES string of the molecule is Clc1c(C#Cc2ncccn2)cnc2[nH]ccc12. The molecule has 0 radical (unpaired) electrons. The number of nitrogens with zero attached hydrogens (tertiary/aromatic N) is 3. The number of rotatable bonds is 0. The third kappa shape index (κ3) is 1.92. The van der Waals surface area contributed by atoms with Gasteiger partial charge in [-0.1, -0.05) is 17.5 Å². The Hall–Kier alpha value is -2.38. The van der Waals surface area contributed by atoms with E-state index in [-0.39, 0.29) is 0 Å². The summed E-state index contributed by atoms with van der Waals surface area (Å²) in [7, 11) is 0. The quantitative estimate of drug-likeness (QED) is 0.627. The molecule has 0 unspecified atom stereocenters. The van der Waals surface area contributed by atoms with Crippen LogP contribution in [-0.2, 0) is 0 Å². The van der Waals surface area contributed by atoms with Gasteiger partial charge in [-0.25, -0.2) is 15.0 Å². The molecule has 1 N–H and O–H groups in total. The van der Waals surface area contributed by atoms with E-state index in [1.54, 1.807) is 30.9 Å². The van der Waals surface area contributed by atoms with Gasteiger partial charge in [0.05, 0.1) is 10.6 Å². The van der Waals surface area contributed by atoms with Gasteiger partial charge in [0, 0.05) is 30.2 Å². The lowest BCUT2D eigenvalue weighted by atomic mass is 10.2. The minimum Gasteiger partial charge on any atom is -0.346 e. The van der Waals surface area contributed by atoms with Crippen molar-refractivity contribution >= 4 is 22.6 Å². The highest BCUT2D eigenvalue weighted by Crippen LogP contribution is 2.24. The number of hydrogen-bond acceptors (Lipinski definition) is 3. The van der Waals surface area contributed by atoms with Gasteiger partial charge in [-0.2, -0.15) is 0 Å². The molecule has 0 spiro atoms. The molecule has 4 nitrogen and oxygen atoms in total. The molecule has 0 bridgehead atoms. The molecule has 3 aromatic rings. The van der Waals surface area contributed by atoms with E-state index in [9.17, 15) is 0 Å². The molecule has 3 heterocycles. The number of fused-ring (bicyclic) bond motifs is 1. The van der Waals surface area contributed by atoms with Crippen molar-refractivity contribution in [2.24, 2.45) is 0 Å². The summed E-state index contributed by atoms with van der Waals surface area (Å²) < 4.78 is 0. The van der Waals surface area contributed by atoms with Crippen molar-refractivity contribution in [1.29, 1.82) is 0 Å². The van der Waals surface area contributed by atoms with E-state index in [1.807, 2.05) is 6.07 Å². The van der Waals surface area contributed by atoms with E-state index in [0.29, 0.717) is 16.4 Å². The fourth-order valence-electron chi connectivity index (χ4n) is 1.55. The average Bonchev–Trinajstić information content (AvgIpc) is 2.88. The molecule has 86 valence electrons. The Morgan fingerprint density at radius 3 is 2.78 bits per heavy atom. The van der Waals surface area contributed by atoms with Gasteiger partial charge in [-0.15, -0.1) is 0 Å². The second kappa shape index (κ2) is 4.47. The maximum atomic E-state index is 6.25. The van der Waals surface area contributed by atoms with Gasteiger partial charge in [0.15, 0.2) is 0 Å². The molecule has 0 saturated heterocycles. The van der Waals surface area contributed by atoms with Crippen molar-refractivity contribution in [1.82, 2.24) is 19.9 Å². The first-order valence-electron chi connectivity index (χ1n) is 5.25. The number of halogens is 1. The fourth-order valence-corrected chi connectivity index (χ4v) is 1.80. The molecule has 0 aliphatic heterocycles. The molecule has 0 atom stereocenters. The van der Waals surface area contributed by atoms with Crippen molar-refractivity contribution < 1.29 is 0 Å². The van der Waals surface area contributed by atoms with Crippen LogP contribution in [0.2, 0.25) is 5.02 Å². The van der Waals surface area contributed by atoms with Crippen molar-refractivity contribution in [3.8, 4) is 11.8 Å². The Morgan fingerprint density at radius 1 is 1.11 bits per heavy atom. The highest BCUT2D eigenvalue weighted by molar-refractivity contribution is 6.36. The van der Waals surface area contributed by atoms with Crippen molar-refractivity contribution in [3.63, 3.8) is 0 Å². The van der Waals surface area contributed by atoms with Crippen molar-refractivity contribution in [2.75, 3.05) is 0 Å². The fraction of sp³-hybridized carbons (Fsp3) is 0. The van der Waals surface area contributed by atoms with Crippen LogP contribution in [0.25, 0.3) is 11.0 Å². The largest absolute Gasteiger partial charge is 0.346 e. The summed E-state index contributed by atoms with van der Waals surface area (Å²) in [5.74, 6) is 6.24. The van der Waals surface area contributed by atoms with Crippen LogP contribution in [0.5, 0.6) is 0 Å². The van der Waals surface area contributed by atoms with Crippen molar-refractivity contribution in [3.05, 3.63) is 53.3 Å². The minimum absolute atomic E-state index is 0.461. The second-order valence-electron chi connectivity index (χ2n) is 3.55. The maximum absolute atomic E-state index is 6.25. The number of pyridine rings is 1. The van der Waals surface area contributed by atoms with Crippen LogP contribution in [0.15, 0.2) is 36.9 Å². The Balaban J connectivity index is 2.06. The van der Waals surface area contributed by atoms with E-state index >= 15 is 0 Å². The van der Waals surface area contributed by atoms with Crippen LogP contribution in [0.3, 0.4) is 0 Å². The van der Waals surface area contributed by atoms with E-state index < -0.39 is 0 Å². The Kier molecular flexibility index (Phi) is 2.67. The topological polar surface area (TPSA) is 54.5 Å². The Morgan fingerprint density at radius 2 is 1.94 bits per heavy atom. The zero-order valence-corrected chi connectivity index (χ0v) is 9.94. The van der Waals surface area contributed by atoms with Gasteiger partial charge in [0.2, 0.25) is 5.82 Å². The van der Waals surface area contributed by atoms with Crippen LogP contribution in [0.4, 0.5) is 0 Å². The number of H-pyrrole nitrogens is 1. The molecule has 0 fully saturated rings. The molecule has 5 heteroatoms. The summed E-state index contributed by atoms with van der Waals surface area (Å²) in [5.41, 5.74) is 1.41. The van der Waals surface area contributed by atoms with E-state index in [2.05, 4.69) is 31.8 Å². The summed E-state index contributed by atoms with van der Waals surface area (Å²) in [5, 5.41) is 1.45. The standard InChI is InChI=1S/C13H7ClN4/c14-12-9(2-3-11-15-5-1-6-16-11)8-18-13-10(12)4-7-17-13/h1,4-8H,(H,17,18). The Labute approximate surface area is 108 Å². The molecule has 18 heavy (non-hydrogen) atoms. The predicted molar refractivity (Wildman–Crippen MR) is 69.1 cm³/mol. The van der Waals surface area contributed by atoms with Crippen LogP contribution >= 0.6 is 11.6 Å². The first kappa shape index (κ1) is 10.8. The number of hydrogen-bond donors (Lipinski definition) is 1. The van der Waals surface area contributed by atoms with E-state index in [0.717, 1.165) is 11.0 Å². The summed E-state index contributed by atoms with van der Waals surface area (Å²) in [6.07, 6.45) is 6.72. The molecule has 0 saturated carbocycles. The normalized spacial score (nSPS) is 10.1. The van der Waals surface area contributed by atoms with E-state index in [4.69, 9.17) is 11.6 Å². The first-order chi connectivity index (χ1) is 8.84. The van der Waals surface area contributed by atoms with Crippen LogP contribution < -0.4 is 0 Å². The summed E-state index contributed by atoms with van der Waals surface area (Å²) in [6.45, 7) is 0. The molecule has 0 aliphatic carbocycles. The van der Waals surface area contributed by atoms with Crippen LogP contribution in [0.1, 0.15) is 11.4 Å². The summed E-state index contributed by atoms with van der Waals surface area (Å²) >= 11 is 6.25. The lowest BCUT2D eigenvalue weighted by Gasteiger charge is -1.96. The molecular formula is C13H7ClN4. The van der Waals surface area contributed by atoms with Gasteiger partial charge in [0.1, 0.15) is 5.65 Å². The van der Waals surface area contributed by atoms with Gasteiger partial charge < -0.3 is 4.98 Å². The second-order valence-corrected chi connectivity index (χ2v) is 3.93. The van der Waals surface area contributed by atoms with E-state index in [1.165, 1.54) is 0 Å². The third-order valence-corrected chi connectivity index (χ3v) is 2.80. The first-order valence-corrected chi connectivity index (χ1v) is 5.63. The average molecular weight is 255 g/mol. The highest BCUT2D eigenvalue weighted by Gasteiger charge is 2.05. The summed E-state index contributed by atoms with van der Waals surface area (Å²) in [4.78, 5) is 15.3. The lowest BCUT2D eigenvalue weighted by molar-refractivity contribution is 1.13. The minimum atomic E-state index is 0.461. The molecule has 0 amide bonds. The molecule has 3 aromatic heterocycles. The third-order valence-electron chi connectivity index (χ3n) is 2.40. The number of nitrogens with one attached hydrogen (secondary N) is 1. The van der Waals surface area contributed by atoms with Gasteiger partial charge in [0.25, 0.3) is 0 Å². The smallest absolute Gasteiger partial charge is 0.205 e. The Bertz CT molecular complexity index is 753. The monoisotopic (exact) mass is 254 g/mol. The summed E-state index contributed by atoms with van der Waals surface area (Å²) in [6, 6.07) is 3.61. The lowest BCUT2D eigenvalue weighted by Crippen LogP contribution is -1.87. The maximum Gasteiger partial charge on any atom is 0.205 e. The molecule has 3 rings (SSSR count). The van der Waals surface area contributed by atoms with Gasteiger partial charge in [-0.3, -0.25) is 0 Å². The van der Waals surface area contributed by atoms with Gasteiger partial charge >= 0.3 is 0 Å². The molecule has 0 aliphatic rings.